The number of oxazole rings is 1. The van der Waals surface area contributed by atoms with Crippen molar-refractivity contribution in [2.45, 2.75) is 6.92 Å². The van der Waals surface area contributed by atoms with Crippen LogP contribution in [0.5, 0.6) is 5.75 Å². The molecule has 0 radical (unpaired) electrons. The fraction of sp³-hybridized carbons (Fsp3) is 0.0455. The van der Waals surface area contributed by atoms with Gasteiger partial charge in [0.2, 0.25) is 5.89 Å². The standard InChI is InChI=1S/C22H16ClN3O3S/c1-12-6-9-17-19(10-12)29-21(25-17)15-8-7-13(11-18(15)27)24-22(30)26-20(28)14-4-2-3-5-16(14)23/h2-11,27H,1H3,(H2,24,26,28,30). The highest BCUT2D eigenvalue weighted by Crippen LogP contribution is 2.33. The van der Waals surface area contributed by atoms with Crippen LogP contribution in [-0.4, -0.2) is 21.1 Å². The number of carbonyl (C=O) groups excluding carboxylic acids is 1. The molecule has 0 bridgehead atoms. The van der Waals surface area contributed by atoms with E-state index >= 15 is 0 Å². The average Bonchev–Trinajstić information content (AvgIpc) is 3.11. The summed E-state index contributed by atoms with van der Waals surface area (Å²) < 4.78 is 5.76. The van der Waals surface area contributed by atoms with Crippen LogP contribution in [0.15, 0.2) is 65.1 Å². The zero-order valence-electron chi connectivity index (χ0n) is 15.8. The molecule has 30 heavy (non-hydrogen) atoms. The first-order chi connectivity index (χ1) is 14.4. The second-order valence-electron chi connectivity index (χ2n) is 6.61. The van der Waals surface area contributed by atoms with Crippen molar-refractivity contribution < 1.29 is 14.3 Å². The van der Waals surface area contributed by atoms with Gasteiger partial charge in [-0.15, -0.1) is 0 Å². The number of fused-ring (bicyclic) bond motifs is 1. The third-order valence-corrected chi connectivity index (χ3v) is 4.91. The predicted molar refractivity (Wildman–Crippen MR) is 121 cm³/mol. The lowest BCUT2D eigenvalue weighted by molar-refractivity contribution is 0.0978. The lowest BCUT2D eigenvalue weighted by Crippen LogP contribution is -2.34. The van der Waals surface area contributed by atoms with Gasteiger partial charge >= 0.3 is 0 Å². The van der Waals surface area contributed by atoms with Crippen molar-refractivity contribution in [3.8, 4) is 17.2 Å². The highest BCUT2D eigenvalue weighted by molar-refractivity contribution is 7.80. The molecule has 4 aromatic rings. The summed E-state index contributed by atoms with van der Waals surface area (Å²) in [4.78, 5) is 16.7. The molecule has 150 valence electrons. The third-order valence-electron chi connectivity index (χ3n) is 4.38. The molecular formula is C22H16ClN3O3S. The first kappa shape index (κ1) is 19.9. The van der Waals surface area contributed by atoms with Crippen LogP contribution in [0.4, 0.5) is 5.69 Å². The van der Waals surface area contributed by atoms with Crippen molar-refractivity contribution in [1.29, 1.82) is 0 Å². The number of phenolic OH excluding ortho intramolecular Hbond substituents is 1. The van der Waals surface area contributed by atoms with E-state index in [1.807, 2.05) is 25.1 Å². The lowest BCUT2D eigenvalue weighted by atomic mass is 10.2. The first-order valence-electron chi connectivity index (χ1n) is 8.98. The largest absolute Gasteiger partial charge is 0.507 e. The Morgan fingerprint density at radius 3 is 2.70 bits per heavy atom. The van der Waals surface area contributed by atoms with Gasteiger partial charge in [0.15, 0.2) is 10.7 Å². The molecule has 1 heterocycles. The van der Waals surface area contributed by atoms with Crippen molar-refractivity contribution in [3.63, 3.8) is 0 Å². The zero-order valence-corrected chi connectivity index (χ0v) is 17.3. The molecule has 0 saturated carbocycles. The lowest BCUT2D eigenvalue weighted by Gasteiger charge is -2.11. The Kier molecular flexibility index (Phi) is 5.39. The van der Waals surface area contributed by atoms with Gasteiger partial charge in [0.05, 0.1) is 16.1 Å². The maximum Gasteiger partial charge on any atom is 0.258 e. The van der Waals surface area contributed by atoms with Crippen LogP contribution in [0, 0.1) is 6.92 Å². The van der Waals surface area contributed by atoms with E-state index in [0.29, 0.717) is 38.8 Å². The number of thiocarbonyl (C=S) groups is 1. The molecule has 8 heteroatoms. The summed E-state index contributed by atoms with van der Waals surface area (Å²) >= 11 is 11.2. The summed E-state index contributed by atoms with van der Waals surface area (Å²) in [5, 5.41) is 16.3. The number of aromatic hydroxyl groups is 1. The van der Waals surface area contributed by atoms with Gasteiger partial charge < -0.3 is 14.8 Å². The van der Waals surface area contributed by atoms with Crippen molar-refractivity contribution >= 4 is 51.6 Å². The summed E-state index contributed by atoms with van der Waals surface area (Å²) in [6.45, 7) is 1.97. The van der Waals surface area contributed by atoms with E-state index in [1.54, 1.807) is 36.4 Å². The Balaban J connectivity index is 1.49. The minimum atomic E-state index is -0.430. The van der Waals surface area contributed by atoms with Crippen molar-refractivity contribution in [2.24, 2.45) is 0 Å². The van der Waals surface area contributed by atoms with E-state index < -0.39 is 5.91 Å². The van der Waals surface area contributed by atoms with Crippen LogP contribution < -0.4 is 10.6 Å². The number of nitrogens with zero attached hydrogens (tertiary/aromatic N) is 1. The molecule has 3 aromatic carbocycles. The quantitative estimate of drug-likeness (QED) is 0.377. The molecule has 4 rings (SSSR count). The fourth-order valence-corrected chi connectivity index (χ4v) is 3.35. The minimum Gasteiger partial charge on any atom is -0.507 e. The molecule has 6 nitrogen and oxygen atoms in total. The second kappa shape index (κ2) is 8.14. The highest BCUT2D eigenvalue weighted by Gasteiger charge is 2.15. The first-order valence-corrected chi connectivity index (χ1v) is 9.77. The summed E-state index contributed by atoms with van der Waals surface area (Å²) in [7, 11) is 0. The molecule has 0 unspecified atom stereocenters. The number of anilines is 1. The van der Waals surface area contributed by atoms with E-state index in [9.17, 15) is 9.90 Å². The number of amides is 1. The van der Waals surface area contributed by atoms with E-state index in [4.69, 9.17) is 28.2 Å². The molecule has 0 aliphatic carbocycles. The van der Waals surface area contributed by atoms with Gasteiger partial charge in [-0.25, -0.2) is 4.98 Å². The highest BCUT2D eigenvalue weighted by atomic mass is 35.5. The Morgan fingerprint density at radius 2 is 1.93 bits per heavy atom. The fourth-order valence-electron chi connectivity index (χ4n) is 2.92. The maximum atomic E-state index is 12.3. The van der Waals surface area contributed by atoms with Crippen LogP contribution in [-0.2, 0) is 0 Å². The number of hydrogen-bond donors (Lipinski definition) is 3. The summed E-state index contributed by atoms with van der Waals surface area (Å²) in [5.41, 5.74) is 3.66. The number of aryl methyl sites for hydroxylation is 1. The third kappa shape index (κ3) is 4.12. The molecule has 1 aromatic heterocycles. The number of carbonyl (C=O) groups is 1. The summed E-state index contributed by atoms with van der Waals surface area (Å²) in [5.74, 6) is -0.154. The number of halogens is 1. The second-order valence-corrected chi connectivity index (χ2v) is 7.43. The van der Waals surface area contributed by atoms with Gasteiger partial charge in [0.25, 0.3) is 5.91 Å². The smallest absolute Gasteiger partial charge is 0.258 e. The molecular weight excluding hydrogens is 422 g/mol. The van der Waals surface area contributed by atoms with Gasteiger partial charge in [-0.2, -0.15) is 0 Å². The SMILES string of the molecule is Cc1ccc2nc(-c3ccc(NC(=S)NC(=O)c4ccccc4Cl)cc3O)oc2c1. The molecule has 1 amide bonds. The topological polar surface area (TPSA) is 87.4 Å². The number of benzene rings is 3. The molecule has 0 spiro atoms. The Morgan fingerprint density at radius 1 is 1.13 bits per heavy atom. The maximum absolute atomic E-state index is 12.3. The van der Waals surface area contributed by atoms with E-state index in [1.165, 1.54) is 6.07 Å². The summed E-state index contributed by atoms with van der Waals surface area (Å²) in [6.07, 6.45) is 0. The number of hydrogen-bond acceptors (Lipinski definition) is 5. The van der Waals surface area contributed by atoms with E-state index in [-0.39, 0.29) is 10.9 Å². The van der Waals surface area contributed by atoms with E-state index in [0.717, 1.165) is 5.56 Å². The Bertz CT molecular complexity index is 1290. The monoisotopic (exact) mass is 437 g/mol. The van der Waals surface area contributed by atoms with Crippen LogP contribution in [0.1, 0.15) is 15.9 Å². The molecule has 0 saturated heterocycles. The van der Waals surface area contributed by atoms with Gasteiger partial charge in [0, 0.05) is 11.8 Å². The van der Waals surface area contributed by atoms with Crippen LogP contribution >= 0.6 is 23.8 Å². The molecule has 0 fully saturated rings. The Labute approximate surface area is 182 Å². The molecule has 0 aliphatic heterocycles. The predicted octanol–water partition coefficient (Wildman–Crippen LogP) is 5.29. The van der Waals surface area contributed by atoms with E-state index in [2.05, 4.69) is 15.6 Å². The normalized spacial score (nSPS) is 10.7. The molecule has 0 atom stereocenters. The van der Waals surface area contributed by atoms with Gasteiger partial charge in [-0.05, 0) is 61.1 Å². The van der Waals surface area contributed by atoms with Crippen molar-refractivity contribution in [1.82, 2.24) is 10.3 Å². The number of phenols is 1. The van der Waals surface area contributed by atoms with Crippen LogP contribution in [0.25, 0.3) is 22.6 Å². The molecule has 0 aliphatic rings. The van der Waals surface area contributed by atoms with Gasteiger partial charge in [0.1, 0.15) is 11.3 Å². The average molecular weight is 438 g/mol. The van der Waals surface area contributed by atoms with Gasteiger partial charge in [-0.3, -0.25) is 10.1 Å². The van der Waals surface area contributed by atoms with Gasteiger partial charge in [-0.1, -0.05) is 29.8 Å². The summed E-state index contributed by atoms with van der Waals surface area (Å²) in [6, 6.07) is 17.2. The zero-order chi connectivity index (χ0) is 21.3. The molecule has 3 N–H and O–H groups in total. The Hall–Kier alpha value is -3.42. The van der Waals surface area contributed by atoms with Crippen molar-refractivity contribution in [2.75, 3.05) is 5.32 Å². The number of nitrogens with one attached hydrogen (secondary N) is 2. The number of rotatable bonds is 3. The van der Waals surface area contributed by atoms with Crippen LogP contribution in [0.3, 0.4) is 0 Å². The van der Waals surface area contributed by atoms with Crippen LogP contribution in [0.2, 0.25) is 5.02 Å². The van der Waals surface area contributed by atoms with Crippen molar-refractivity contribution in [3.05, 3.63) is 76.8 Å². The minimum absolute atomic E-state index is 0.0384. The number of aromatic nitrogens is 1.